The van der Waals surface area contributed by atoms with E-state index in [1.165, 1.54) is 5.56 Å². The second kappa shape index (κ2) is 6.05. The van der Waals surface area contributed by atoms with Gasteiger partial charge in [-0.25, -0.2) is 4.39 Å². The lowest BCUT2D eigenvalue weighted by molar-refractivity contribution is 0.139. The van der Waals surface area contributed by atoms with Crippen molar-refractivity contribution in [3.05, 3.63) is 35.6 Å². The summed E-state index contributed by atoms with van der Waals surface area (Å²) in [6.07, 6.45) is 3.22. The van der Waals surface area contributed by atoms with Gasteiger partial charge in [0.1, 0.15) is 5.82 Å². The molecule has 0 spiro atoms. The summed E-state index contributed by atoms with van der Waals surface area (Å²) in [5.41, 5.74) is 1.45. The molecule has 1 aromatic rings. The Hall–Kier alpha value is -0.930. The first-order chi connectivity index (χ1) is 9.71. The molecule has 1 aliphatic heterocycles. The largest absolute Gasteiger partial charge is 0.307 e. The Morgan fingerprint density at radius 2 is 1.67 bits per heavy atom. The molecule has 1 fully saturated rings. The molecule has 0 aliphatic carbocycles. The van der Waals surface area contributed by atoms with Crippen molar-refractivity contribution in [2.45, 2.75) is 77.0 Å². The van der Waals surface area contributed by atoms with Gasteiger partial charge in [-0.05, 0) is 64.7 Å². The van der Waals surface area contributed by atoms with Gasteiger partial charge in [-0.1, -0.05) is 19.1 Å². The van der Waals surface area contributed by atoms with Crippen molar-refractivity contribution >= 4 is 0 Å². The lowest BCUT2D eigenvalue weighted by Crippen LogP contribution is -2.61. The molecular formula is C18H29FN2. The summed E-state index contributed by atoms with van der Waals surface area (Å²) < 4.78 is 13.1. The Kier molecular flexibility index (Phi) is 4.74. The van der Waals surface area contributed by atoms with Crippen LogP contribution in [0.5, 0.6) is 0 Å². The second-order valence-corrected chi connectivity index (χ2v) is 7.68. The zero-order valence-electron chi connectivity index (χ0n) is 14.0. The first-order valence-corrected chi connectivity index (χ1v) is 8.02. The predicted octanol–water partition coefficient (Wildman–Crippen LogP) is 4.18. The molecule has 21 heavy (non-hydrogen) atoms. The van der Waals surface area contributed by atoms with Crippen molar-refractivity contribution in [1.29, 1.82) is 0 Å². The van der Waals surface area contributed by atoms with Gasteiger partial charge in [0.15, 0.2) is 0 Å². The van der Waals surface area contributed by atoms with Crippen LogP contribution in [0.3, 0.4) is 0 Å². The van der Waals surface area contributed by atoms with Gasteiger partial charge in [0, 0.05) is 23.2 Å². The molecule has 1 saturated heterocycles. The van der Waals surface area contributed by atoms with E-state index in [1.54, 1.807) is 12.1 Å². The zero-order chi connectivity index (χ0) is 15.7. The summed E-state index contributed by atoms with van der Waals surface area (Å²) in [4.78, 5) is 0. The molecule has 0 bridgehead atoms. The molecule has 0 radical (unpaired) electrons. The Balaban J connectivity index is 2.09. The number of nitrogens with one attached hydrogen (secondary N) is 2. The molecule has 0 amide bonds. The zero-order valence-corrected chi connectivity index (χ0v) is 14.0. The number of piperidine rings is 1. The standard InChI is InChI=1S/C18H29FN2/c1-6-16(13-7-9-14(19)10-8-13)20-15-11-17(2,3)21-18(4,5)12-15/h7-10,15-16,20-21H,6,11-12H2,1-5H3. The predicted molar refractivity (Wildman–Crippen MR) is 86.9 cm³/mol. The molecular weight excluding hydrogens is 263 g/mol. The summed E-state index contributed by atoms with van der Waals surface area (Å²) in [6.45, 7) is 11.2. The molecule has 2 N–H and O–H groups in total. The fraction of sp³-hybridized carbons (Fsp3) is 0.667. The average molecular weight is 292 g/mol. The summed E-state index contributed by atoms with van der Waals surface area (Å²) in [5, 5.41) is 7.50. The van der Waals surface area contributed by atoms with Crippen LogP contribution in [0.4, 0.5) is 4.39 Å². The van der Waals surface area contributed by atoms with Crippen LogP contribution in [0, 0.1) is 5.82 Å². The fourth-order valence-corrected chi connectivity index (χ4v) is 3.87. The third-order valence-electron chi connectivity index (χ3n) is 4.31. The summed E-state index contributed by atoms with van der Waals surface area (Å²) in [7, 11) is 0. The van der Waals surface area contributed by atoms with E-state index in [2.05, 4.69) is 45.3 Å². The van der Waals surface area contributed by atoms with Crippen LogP contribution in [0.15, 0.2) is 24.3 Å². The van der Waals surface area contributed by atoms with Crippen molar-refractivity contribution in [2.75, 3.05) is 0 Å². The van der Waals surface area contributed by atoms with Crippen molar-refractivity contribution in [3.8, 4) is 0 Å². The number of halogens is 1. The third kappa shape index (κ3) is 4.52. The molecule has 1 unspecified atom stereocenters. The number of hydrogen-bond acceptors (Lipinski definition) is 2. The second-order valence-electron chi connectivity index (χ2n) is 7.68. The highest BCUT2D eigenvalue weighted by molar-refractivity contribution is 5.20. The van der Waals surface area contributed by atoms with Gasteiger partial charge in [0.2, 0.25) is 0 Å². The monoisotopic (exact) mass is 292 g/mol. The van der Waals surface area contributed by atoms with Gasteiger partial charge in [-0.3, -0.25) is 0 Å². The molecule has 118 valence electrons. The Morgan fingerprint density at radius 3 is 2.14 bits per heavy atom. The van der Waals surface area contributed by atoms with E-state index >= 15 is 0 Å². The van der Waals surface area contributed by atoms with E-state index in [0.717, 1.165) is 19.3 Å². The lowest BCUT2D eigenvalue weighted by atomic mass is 9.79. The Morgan fingerprint density at radius 1 is 1.14 bits per heavy atom. The first-order valence-electron chi connectivity index (χ1n) is 8.02. The van der Waals surface area contributed by atoms with Crippen LogP contribution in [0.25, 0.3) is 0 Å². The smallest absolute Gasteiger partial charge is 0.123 e. The van der Waals surface area contributed by atoms with E-state index in [0.29, 0.717) is 12.1 Å². The Labute approximate surface area is 128 Å². The van der Waals surface area contributed by atoms with E-state index in [-0.39, 0.29) is 16.9 Å². The fourth-order valence-electron chi connectivity index (χ4n) is 3.87. The minimum Gasteiger partial charge on any atom is -0.307 e. The van der Waals surface area contributed by atoms with Gasteiger partial charge in [0.05, 0.1) is 0 Å². The molecule has 1 atom stereocenters. The van der Waals surface area contributed by atoms with Gasteiger partial charge in [-0.2, -0.15) is 0 Å². The summed E-state index contributed by atoms with van der Waals surface area (Å²) in [5.74, 6) is -0.169. The van der Waals surface area contributed by atoms with Crippen molar-refractivity contribution in [3.63, 3.8) is 0 Å². The number of rotatable bonds is 4. The van der Waals surface area contributed by atoms with Crippen LogP contribution in [0.1, 0.15) is 65.5 Å². The molecule has 1 aromatic carbocycles. The van der Waals surface area contributed by atoms with Crippen LogP contribution >= 0.6 is 0 Å². The highest BCUT2D eigenvalue weighted by Crippen LogP contribution is 2.30. The van der Waals surface area contributed by atoms with E-state index in [1.807, 2.05) is 12.1 Å². The lowest BCUT2D eigenvalue weighted by Gasteiger charge is -2.47. The minimum absolute atomic E-state index is 0.139. The van der Waals surface area contributed by atoms with E-state index in [4.69, 9.17) is 0 Å². The van der Waals surface area contributed by atoms with E-state index in [9.17, 15) is 4.39 Å². The molecule has 1 aliphatic rings. The first kappa shape index (κ1) is 16.4. The maximum atomic E-state index is 13.1. The normalized spacial score (nSPS) is 23.0. The van der Waals surface area contributed by atoms with Gasteiger partial charge >= 0.3 is 0 Å². The average Bonchev–Trinajstić information content (AvgIpc) is 2.33. The number of benzene rings is 1. The maximum absolute atomic E-state index is 13.1. The van der Waals surface area contributed by atoms with Gasteiger partial charge < -0.3 is 10.6 Å². The minimum atomic E-state index is -0.169. The van der Waals surface area contributed by atoms with Crippen LogP contribution in [0.2, 0.25) is 0 Å². The highest BCUT2D eigenvalue weighted by Gasteiger charge is 2.38. The maximum Gasteiger partial charge on any atom is 0.123 e. The molecule has 1 heterocycles. The number of hydrogen-bond donors (Lipinski definition) is 2. The van der Waals surface area contributed by atoms with E-state index < -0.39 is 0 Å². The van der Waals surface area contributed by atoms with Crippen molar-refractivity contribution < 1.29 is 4.39 Å². The van der Waals surface area contributed by atoms with Crippen LogP contribution in [-0.4, -0.2) is 17.1 Å². The highest BCUT2D eigenvalue weighted by atomic mass is 19.1. The summed E-state index contributed by atoms with van der Waals surface area (Å²) in [6, 6.07) is 7.67. The Bertz CT molecular complexity index is 449. The molecule has 2 nitrogen and oxygen atoms in total. The quantitative estimate of drug-likeness (QED) is 0.870. The summed E-state index contributed by atoms with van der Waals surface area (Å²) >= 11 is 0. The topological polar surface area (TPSA) is 24.1 Å². The SMILES string of the molecule is CCC(NC1CC(C)(C)NC(C)(C)C1)c1ccc(F)cc1. The van der Waals surface area contributed by atoms with Crippen LogP contribution in [-0.2, 0) is 0 Å². The van der Waals surface area contributed by atoms with Gasteiger partial charge in [0.25, 0.3) is 0 Å². The van der Waals surface area contributed by atoms with Gasteiger partial charge in [-0.15, -0.1) is 0 Å². The third-order valence-corrected chi connectivity index (χ3v) is 4.31. The molecule has 3 heteroatoms. The van der Waals surface area contributed by atoms with Crippen LogP contribution < -0.4 is 10.6 Å². The molecule has 2 rings (SSSR count). The van der Waals surface area contributed by atoms with Crippen molar-refractivity contribution in [2.24, 2.45) is 0 Å². The molecule has 0 saturated carbocycles. The molecule has 0 aromatic heterocycles. The van der Waals surface area contributed by atoms with Crippen molar-refractivity contribution in [1.82, 2.24) is 10.6 Å².